The first-order valence-corrected chi connectivity index (χ1v) is 6.52. The number of aromatic nitrogens is 3. The van der Waals surface area contributed by atoms with E-state index in [4.69, 9.17) is 5.73 Å². The molecule has 0 saturated carbocycles. The molecule has 0 aliphatic rings. The van der Waals surface area contributed by atoms with Crippen LogP contribution in [0, 0.1) is 0 Å². The summed E-state index contributed by atoms with van der Waals surface area (Å²) >= 11 is 0. The van der Waals surface area contributed by atoms with Gasteiger partial charge in [0.25, 0.3) is 0 Å². The second-order valence-corrected chi connectivity index (χ2v) is 5.04. The van der Waals surface area contributed by atoms with Gasteiger partial charge in [0, 0.05) is 35.1 Å². The molecule has 4 rings (SSSR count). The second kappa shape index (κ2) is 3.87. The number of benzene rings is 2. The first-order valence-electron chi connectivity index (χ1n) is 6.52. The summed E-state index contributed by atoms with van der Waals surface area (Å²) in [6.45, 7) is 0. The van der Waals surface area contributed by atoms with Crippen molar-refractivity contribution >= 4 is 27.5 Å². The van der Waals surface area contributed by atoms with Crippen LogP contribution in [0.25, 0.3) is 33.1 Å². The zero-order chi connectivity index (χ0) is 13.7. The van der Waals surface area contributed by atoms with E-state index in [1.165, 1.54) is 10.9 Å². The third kappa shape index (κ3) is 1.45. The van der Waals surface area contributed by atoms with Gasteiger partial charge < -0.3 is 10.3 Å². The monoisotopic (exact) mass is 262 g/mol. The molecule has 20 heavy (non-hydrogen) atoms. The highest BCUT2D eigenvalue weighted by Crippen LogP contribution is 2.30. The summed E-state index contributed by atoms with van der Waals surface area (Å²) in [5.41, 5.74) is 10.8. The van der Waals surface area contributed by atoms with Crippen LogP contribution < -0.4 is 5.73 Å². The lowest BCUT2D eigenvalue weighted by atomic mass is 10.1. The van der Waals surface area contributed by atoms with E-state index in [0.29, 0.717) is 0 Å². The van der Waals surface area contributed by atoms with Crippen molar-refractivity contribution in [1.29, 1.82) is 0 Å². The molecule has 0 atom stereocenters. The standard InChI is InChI=1S/C16H14N4/c1-20-8-7-10-9-11(5-6-14(10)20)15-12-3-2-4-13(17)16(12)19-18-15/h2-9H,17H2,1H3,(H,18,19). The minimum absolute atomic E-state index is 0.724. The molecule has 3 N–H and O–H groups in total. The molecule has 2 aromatic heterocycles. The van der Waals surface area contributed by atoms with Crippen molar-refractivity contribution in [3.63, 3.8) is 0 Å². The molecule has 2 aromatic carbocycles. The molecule has 0 unspecified atom stereocenters. The number of H-pyrrole nitrogens is 1. The molecule has 4 heteroatoms. The number of hydrogen-bond acceptors (Lipinski definition) is 2. The van der Waals surface area contributed by atoms with E-state index < -0.39 is 0 Å². The van der Waals surface area contributed by atoms with Crippen LogP contribution >= 0.6 is 0 Å². The van der Waals surface area contributed by atoms with Gasteiger partial charge in [0.05, 0.1) is 16.9 Å². The van der Waals surface area contributed by atoms with Crippen molar-refractivity contribution in [3.05, 3.63) is 48.7 Å². The Morgan fingerprint density at radius 1 is 1.15 bits per heavy atom. The number of nitrogens with zero attached hydrogens (tertiary/aromatic N) is 2. The van der Waals surface area contributed by atoms with Crippen molar-refractivity contribution in [3.8, 4) is 11.3 Å². The van der Waals surface area contributed by atoms with Gasteiger partial charge in [-0.05, 0) is 24.3 Å². The first-order chi connectivity index (χ1) is 9.74. The summed E-state index contributed by atoms with van der Waals surface area (Å²) in [4.78, 5) is 0. The Bertz CT molecular complexity index is 930. The average molecular weight is 262 g/mol. The molecule has 4 nitrogen and oxygen atoms in total. The van der Waals surface area contributed by atoms with Crippen molar-refractivity contribution in [1.82, 2.24) is 14.8 Å². The van der Waals surface area contributed by atoms with Crippen molar-refractivity contribution in [2.75, 3.05) is 5.73 Å². The molecule has 0 radical (unpaired) electrons. The fraction of sp³-hybridized carbons (Fsp3) is 0.0625. The number of aryl methyl sites for hydroxylation is 1. The highest BCUT2D eigenvalue weighted by atomic mass is 15.1. The minimum Gasteiger partial charge on any atom is -0.397 e. The molecule has 0 fully saturated rings. The molecule has 0 aliphatic carbocycles. The summed E-state index contributed by atoms with van der Waals surface area (Å²) in [6, 6.07) is 14.4. The van der Waals surface area contributed by atoms with Crippen LogP contribution in [0.5, 0.6) is 0 Å². The topological polar surface area (TPSA) is 59.6 Å². The van der Waals surface area contributed by atoms with Crippen LogP contribution in [-0.4, -0.2) is 14.8 Å². The van der Waals surface area contributed by atoms with E-state index in [1.54, 1.807) is 0 Å². The molecule has 0 bridgehead atoms. The molecule has 0 saturated heterocycles. The van der Waals surface area contributed by atoms with Crippen LogP contribution in [0.15, 0.2) is 48.7 Å². The Morgan fingerprint density at radius 3 is 2.95 bits per heavy atom. The molecular formula is C16H14N4. The van der Waals surface area contributed by atoms with Crippen molar-refractivity contribution in [2.24, 2.45) is 7.05 Å². The zero-order valence-corrected chi connectivity index (χ0v) is 11.1. The summed E-state index contributed by atoms with van der Waals surface area (Å²) in [5.74, 6) is 0. The molecule has 0 spiro atoms. The Hall–Kier alpha value is -2.75. The number of aromatic amines is 1. The maximum absolute atomic E-state index is 5.97. The van der Waals surface area contributed by atoms with Crippen LogP contribution in [-0.2, 0) is 7.05 Å². The molecule has 4 aromatic rings. The lowest BCUT2D eigenvalue weighted by Crippen LogP contribution is -1.85. The summed E-state index contributed by atoms with van der Waals surface area (Å²) < 4.78 is 2.11. The Morgan fingerprint density at radius 2 is 2.05 bits per heavy atom. The van der Waals surface area contributed by atoms with E-state index in [2.05, 4.69) is 45.2 Å². The van der Waals surface area contributed by atoms with E-state index in [1.807, 2.05) is 25.2 Å². The Labute approximate surface area is 115 Å². The zero-order valence-electron chi connectivity index (χ0n) is 11.1. The van der Waals surface area contributed by atoms with Crippen LogP contribution in [0.2, 0.25) is 0 Å². The maximum Gasteiger partial charge on any atom is 0.1000 e. The van der Waals surface area contributed by atoms with Gasteiger partial charge in [-0.1, -0.05) is 18.2 Å². The highest BCUT2D eigenvalue weighted by Gasteiger charge is 2.10. The first kappa shape index (κ1) is 11.1. The lowest BCUT2D eigenvalue weighted by molar-refractivity contribution is 0.969. The largest absolute Gasteiger partial charge is 0.397 e. The summed E-state index contributed by atoms with van der Waals surface area (Å²) in [5, 5.41) is 9.73. The van der Waals surface area contributed by atoms with Crippen LogP contribution in [0.1, 0.15) is 0 Å². The summed E-state index contributed by atoms with van der Waals surface area (Å²) in [7, 11) is 2.05. The number of anilines is 1. The lowest BCUT2D eigenvalue weighted by Gasteiger charge is -2.01. The van der Waals surface area contributed by atoms with E-state index in [9.17, 15) is 0 Å². The molecule has 98 valence electrons. The number of fused-ring (bicyclic) bond motifs is 2. The van der Waals surface area contributed by atoms with Gasteiger partial charge in [-0.15, -0.1) is 0 Å². The smallest absolute Gasteiger partial charge is 0.1000 e. The fourth-order valence-corrected chi connectivity index (χ4v) is 2.71. The van der Waals surface area contributed by atoms with Crippen molar-refractivity contribution < 1.29 is 0 Å². The van der Waals surface area contributed by atoms with E-state index in [0.717, 1.165) is 27.8 Å². The van der Waals surface area contributed by atoms with E-state index >= 15 is 0 Å². The van der Waals surface area contributed by atoms with Gasteiger partial charge in [-0.3, -0.25) is 5.10 Å². The van der Waals surface area contributed by atoms with Gasteiger partial charge in [0.2, 0.25) is 0 Å². The van der Waals surface area contributed by atoms with Gasteiger partial charge in [0.1, 0.15) is 0 Å². The average Bonchev–Trinajstić information content (AvgIpc) is 3.04. The number of rotatable bonds is 1. The minimum atomic E-state index is 0.724. The quantitative estimate of drug-likeness (QED) is 0.517. The molecule has 0 aliphatic heterocycles. The Balaban J connectivity index is 1.98. The number of hydrogen-bond donors (Lipinski definition) is 2. The number of nitrogen functional groups attached to an aromatic ring is 1. The third-order valence-corrected chi connectivity index (χ3v) is 3.79. The fourth-order valence-electron chi connectivity index (χ4n) is 2.71. The predicted octanol–water partition coefficient (Wildman–Crippen LogP) is 3.30. The molecule has 2 heterocycles. The highest BCUT2D eigenvalue weighted by molar-refractivity contribution is 6.00. The number of para-hydroxylation sites is 1. The Kier molecular flexibility index (Phi) is 2.15. The van der Waals surface area contributed by atoms with Crippen LogP contribution in [0.3, 0.4) is 0 Å². The second-order valence-electron chi connectivity index (χ2n) is 5.04. The van der Waals surface area contributed by atoms with Crippen LogP contribution in [0.4, 0.5) is 5.69 Å². The molecular weight excluding hydrogens is 248 g/mol. The van der Waals surface area contributed by atoms with Crippen molar-refractivity contribution in [2.45, 2.75) is 0 Å². The SMILES string of the molecule is Cn1ccc2cc(-c3n[nH]c4c(N)cccc34)ccc21. The predicted molar refractivity (Wildman–Crippen MR) is 82.4 cm³/mol. The van der Waals surface area contributed by atoms with Gasteiger partial charge >= 0.3 is 0 Å². The van der Waals surface area contributed by atoms with Gasteiger partial charge in [-0.25, -0.2) is 0 Å². The van der Waals surface area contributed by atoms with E-state index in [-0.39, 0.29) is 0 Å². The van der Waals surface area contributed by atoms with Gasteiger partial charge in [-0.2, -0.15) is 5.10 Å². The number of nitrogens with two attached hydrogens (primary N) is 1. The number of nitrogens with one attached hydrogen (secondary N) is 1. The summed E-state index contributed by atoms with van der Waals surface area (Å²) in [6.07, 6.45) is 2.06. The normalized spacial score (nSPS) is 11.4. The third-order valence-electron chi connectivity index (χ3n) is 3.79. The molecule has 0 amide bonds. The maximum atomic E-state index is 5.97. The van der Waals surface area contributed by atoms with Gasteiger partial charge in [0.15, 0.2) is 0 Å².